The summed E-state index contributed by atoms with van der Waals surface area (Å²) in [6, 6.07) is 6.41. The van der Waals surface area contributed by atoms with Crippen LogP contribution in [-0.2, 0) is 4.74 Å². The average Bonchev–Trinajstić information content (AvgIpc) is 3.11. The molecule has 1 aromatic heterocycles. The van der Waals surface area contributed by atoms with E-state index >= 15 is 0 Å². The summed E-state index contributed by atoms with van der Waals surface area (Å²) in [5.41, 5.74) is 1.26. The second-order valence-corrected chi connectivity index (χ2v) is 5.57. The Morgan fingerprint density at radius 1 is 1.42 bits per heavy atom. The van der Waals surface area contributed by atoms with Gasteiger partial charge in [-0.05, 0) is 31.0 Å². The van der Waals surface area contributed by atoms with Crippen molar-refractivity contribution in [3.63, 3.8) is 0 Å². The molecule has 1 saturated heterocycles. The first kappa shape index (κ1) is 15.9. The number of ether oxygens (including phenoxy) is 1. The number of benzene rings is 1. The number of nitrogens with zero attached hydrogens (tertiary/aromatic N) is 5. The van der Waals surface area contributed by atoms with Crippen LogP contribution in [-0.4, -0.2) is 41.2 Å². The highest BCUT2D eigenvalue weighted by Gasteiger charge is 2.24. The van der Waals surface area contributed by atoms with Gasteiger partial charge in [0.15, 0.2) is 5.69 Å². The van der Waals surface area contributed by atoms with Crippen molar-refractivity contribution in [2.45, 2.75) is 18.9 Å². The van der Waals surface area contributed by atoms with Crippen LogP contribution in [0, 0.1) is 17.1 Å². The van der Waals surface area contributed by atoms with Crippen molar-refractivity contribution >= 4 is 11.7 Å². The maximum atomic E-state index is 13.3. The molecule has 24 heavy (non-hydrogen) atoms. The Morgan fingerprint density at radius 3 is 2.83 bits per heavy atom. The topological polar surface area (TPSA) is 84.0 Å². The van der Waals surface area contributed by atoms with Crippen molar-refractivity contribution in [2.24, 2.45) is 0 Å². The first-order valence-electron chi connectivity index (χ1n) is 7.57. The van der Waals surface area contributed by atoms with Gasteiger partial charge in [-0.25, -0.2) is 13.9 Å². The number of esters is 1. The Hall–Kier alpha value is -2.95. The third-order valence-electron chi connectivity index (χ3n) is 4.16. The molecule has 0 aliphatic carbocycles. The molecule has 0 bridgehead atoms. The van der Waals surface area contributed by atoms with Crippen LogP contribution in [0.3, 0.4) is 0 Å². The van der Waals surface area contributed by atoms with E-state index in [2.05, 4.69) is 19.9 Å². The van der Waals surface area contributed by atoms with Crippen LogP contribution in [0.2, 0.25) is 0 Å². The molecule has 3 rings (SSSR count). The Bertz CT molecular complexity index is 790. The summed E-state index contributed by atoms with van der Waals surface area (Å²) < 4.78 is 19.6. The fourth-order valence-electron chi connectivity index (χ4n) is 2.90. The van der Waals surface area contributed by atoms with Crippen LogP contribution in [0.25, 0.3) is 0 Å². The largest absolute Gasteiger partial charge is 0.464 e. The fraction of sp³-hybridized carbons (Fsp3) is 0.375. The van der Waals surface area contributed by atoms with Crippen molar-refractivity contribution in [1.82, 2.24) is 15.0 Å². The van der Waals surface area contributed by atoms with E-state index in [0.29, 0.717) is 18.7 Å². The lowest BCUT2D eigenvalue weighted by Crippen LogP contribution is -2.35. The summed E-state index contributed by atoms with van der Waals surface area (Å²) in [5, 5.41) is 17.0. The Labute approximate surface area is 138 Å². The zero-order valence-corrected chi connectivity index (χ0v) is 13.1. The quantitative estimate of drug-likeness (QED) is 0.800. The maximum absolute atomic E-state index is 13.3. The summed E-state index contributed by atoms with van der Waals surface area (Å²) in [7, 11) is 1.30. The first-order chi connectivity index (χ1) is 11.6. The Balaban J connectivity index is 1.69. The zero-order valence-electron chi connectivity index (χ0n) is 13.1. The highest BCUT2D eigenvalue weighted by Crippen LogP contribution is 2.28. The molecule has 0 N–H and O–H groups in total. The predicted molar refractivity (Wildman–Crippen MR) is 83.0 cm³/mol. The van der Waals surface area contributed by atoms with Gasteiger partial charge in [-0.2, -0.15) is 5.26 Å². The number of carbonyl (C=O) groups is 1. The molecule has 2 heterocycles. The molecule has 1 aliphatic heterocycles. The number of hydrogen-bond acceptors (Lipinski definition) is 6. The van der Waals surface area contributed by atoms with Crippen LogP contribution in [0.4, 0.5) is 10.1 Å². The van der Waals surface area contributed by atoms with Gasteiger partial charge in [0, 0.05) is 13.1 Å². The number of carbonyl (C=O) groups excluding carboxylic acids is 1. The summed E-state index contributed by atoms with van der Waals surface area (Å²) in [6.07, 6.45) is 3.16. The molecule has 124 valence electrons. The number of piperidine rings is 1. The van der Waals surface area contributed by atoms with E-state index in [-0.39, 0.29) is 11.7 Å². The molecule has 8 heteroatoms. The first-order valence-corrected chi connectivity index (χ1v) is 7.57. The molecule has 0 amide bonds. The van der Waals surface area contributed by atoms with Gasteiger partial charge in [-0.1, -0.05) is 5.21 Å². The standard InChI is InChI=1S/C16H16FN5O2/c1-24-16(23)14-10-22(20-19-14)13-4-6-21(7-5-13)15-3-2-12(17)8-11(15)9-18/h2-3,8,10,13H,4-7H2,1H3. The molecule has 0 spiro atoms. The summed E-state index contributed by atoms with van der Waals surface area (Å²) in [4.78, 5) is 13.5. The molecule has 0 radical (unpaired) electrons. The van der Waals surface area contributed by atoms with Gasteiger partial charge >= 0.3 is 5.97 Å². The van der Waals surface area contributed by atoms with E-state index in [1.165, 1.54) is 19.2 Å². The van der Waals surface area contributed by atoms with Gasteiger partial charge in [-0.15, -0.1) is 5.10 Å². The summed E-state index contributed by atoms with van der Waals surface area (Å²) >= 11 is 0. The number of hydrogen-bond donors (Lipinski definition) is 0. The highest BCUT2D eigenvalue weighted by molar-refractivity contribution is 5.86. The van der Waals surface area contributed by atoms with Gasteiger partial charge in [0.1, 0.15) is 11.9 Å². The minimum absolute atomic E-state index is 0.123. The van der Waals surface area contributed by atoms with Gasteiger partial charge < -0.3 is 9.64 Å². The minimum atomic E-state index is -0.510. The van der Waals surface area contributed by atoms with Crippen molar-refractivity contribution in [1.29, 1.82) is 5.26 Å². The van der Waals surface area contributed by atoms with Crippen molar-refractivity contribution in [3.8, 4) is 6.07 Å². The van der Waals surface area contributed by atoms with Gasteiger partial charge in [0.25, 0.3) is 0 Å². The molecule has 2 aromatic rings. The Kier molecular flexibility index (Phi) is 4.42. The van der Waals surface area contributed by atoms with Crippen LogP contribution in [0.1, 0.15) is 34.9 Å². The van der Waals surface area contributed by atoms with E-state index < -0.39 is 11.8 Å². The van der Waals surface area contributed by atoms with Gasteiger partial charge in [-0.3, -0.25) is 0 Å². The summed E-state index contributed by atoms with van der Waals surface area (Å²) in [5.74, 6) is -0.924. The lowest BCUT2D eigenvalue weighted by molar-refractivity contribution is 0.0594. The van der Waals surface area contributed by atoms with E-state index in [1.807, 2.05) is 6.07 Å². The van der Waals surface area contributed by atoms with Crippen molar-refractivity contribution in [3.05, 3.63) is 41.5 Å². The smallest absolute Gasteiger partial charge is 0.360 e. The maximum Gasteiger partial charge on any atom is 0.360 e. The number of nitriles is 1. The molecular weight excluding hydrogens is 313 g/mol. The number of anilines is 1. The molecule has 0 saturated carbocycles. The van der Waals surface area contributed by atoms with Crippen LogP contribution < -0.4 is 4.90 Å². The minimum Gasteiger partial charge on any atom is -0.464 e. The lowest BCUT2D eigenvalue weighted by Gasteiger charge is -2.33. The predicted octanol–water partition coefficient (Wildman–Crippen LogP) is 1.92. The monoisotopic (exact) mass is 329 g/mol. The second kappa shape index (κ2) is 6.66. The van der Waals surface area contributed by atoms with Gasteiger partial charge in [0.05, 0.1) is 30.6 Å². The van der Waals surface area contributed by atoms with Crippen LogP contribution in [0.5, 0.6) is 0 Å². The number of rotatable bonds is 3. The van der Waals surface area contributed by atoms with Crippen molar-refractivity contribution in [2.75, 3.05) is 25.1 Å². The van der Waals surface area contributed by atoms with E-state index in [4.69, 9.17) is 0 Å². The molecule has 1 aromatic carbocycles. The highest BCUT2D eigenvalue weighted by atomic mass is 19.1. The molecule has 1 fully saturated rings. The molecule has 1 aliphatic rings. The molecule has 7 nitrogen and oxygen atoms in total. The number of aromatic nitrogens is 3. The number of halogens is 1. The molecule has 0 unspecified atom stereocenters. The number of methoxy groups -OCH3 is 1. The molecule has 0 atom stereocenters. The SMILES string of the molecule is COC(=O)c1cn(C2CCN(c3ccc(F)cc3C#N)CC2)nn1. The van der Waals surface area contributed by atoms with E-state index in [1.54, 1.807) is 16.9 Å². The molecular formula is C16H16FN5O2. The van der Waals surface area contributed by atoms with Crippen LogP contribution >= 0.6 is 0 Å². The Morgan fingerprint density at radius 2 is 2.17 bits per heavy atom. The zero-order chi connectivity index (χ0) is 17.1. The average molecular weight is 329 g/mol. The van der Waals surface area contributed by atoms with E-state index in [0.717, 1.165) is 18.5 Å². The lowest BCUT2D eigenvalue weighted by atomic mass is 10.0. The fourth-order valence-corrected chi connectivity index (χ4v) is 2.90. The normalized spacial score (nSPS) is 15.1. The summed E-state index contributed by atoms with van der Waals surface area (Å²) in [6.45, 7) is 1.41. The third kappa shape index (κ3) is 3.06. The second-order valence-electron chi connectivity index (χ2n) is 5.57. The van der Waals surface area contributed by atoms with Crippen LogP contribution in [0.15, 0.2) is 24.4 Å². The van der Waals surface area contributed by atoms with Crippen molar-refractivity contribution < 1.29 is 13.9 Å². The van der Waals surface area contributed by atoms with E-state index in [9.17, 15) is 14.4 Å². The van der Waals surface area contributed by atoms with Gasteiger partial charge in [0.2, 0.25) is 0 Å². The third-order valence-corrected chi connectivity index (χ3v) is 4.16.